The molecule has 3 nitrogen and oxygen atoms in total. The number of rotatable bonds is 10. The van der Waals surface area contributed by atoms with Crippen LogP contribution >= 0.6 is 0 Å². The summed E-state index contributed by atoms with van der Waals surface area (Å²) >= 11 is 0. The van der Waals surface area contributed by atoms with E-state index < -0.39 is 0 Å². The van der Waals surface area contributed by atoms with Gasteiger partial charge in [-0.3, -0.25) is 0 Å². The van der Waals surface area contributed by atoms with Crippen molar-refractivity contribution in [1.82, 2.24) is 0 Å². The van der Waals surface area contributed by atoms with E-state index in [0.29, 0.717) is 5.92 Å². The lowest BCUT2D eigenvalue weighted by Crippen LogP contribution is -2.33. The van der Waals surface area contributed by atoms with Crippen molar-refractivity contribution in [3.63, 3.8) is 0 Å². The monoisotopic (exact) mass is 278 g/mol. The van der Waals surface area contributed by atoms with Crippen LogP contribution in [-0.4, -0.2) is 19.2 Å². The highest BCUT2D eigenvalue weighted by Crippen LogP contribution is 2.16. The fourth-order valence-corrected chi connectivity index (χ4v) is 1.86. The van der Waals surface area contributed by atoms with Gasteiger partial charge >= 0.3 is 0 Å². The number of anilines is 1. The van der Waals surface area contributed by atoms with Crippen LogP contribution in [0.3, 0.4) is 0 Å². The Morgan fingerprint density at radius 2 is 1.80 bits per heavy atom. The Hall–Kier alpha value is -1.22. The van der Waals surface area contributed by atoms with E-state index in [1.165, 1.54) is 19.3 Å². The first-order valence-corrected chi connectivity index (χ1v) is 7.85. The largest absolute Gasteiger partial charge is 0.494 e. The van der Waals surface area contributed by atoms with Gasteiger partial charge in [0.1, 0.15) is 5.75 Å². The molecule has 0 aliphatic heterocycles. The second kappa shape index (κ2) is 9.65. The van der Waals surface area contributed by atoms with Crippen molar-refractivity contribution < 1.29 is 4.74 Å². The normalized spacial score (nSPS) is 12.4. The van der Waals surface area contributed by atoms with Gasteiger partial charge in [-0.15, -0.1) is 0 Å². The first kappa shape index (κ1) is 16.8. The number of nitrogens with one attached hydrogen (secondary N) is 1. The summed E-state index contributed by atoms with van der Waals surface area (Å²) in [6.45, 7) is 8.11. The Bertz CT molecular complexity index is 349. The number of ether oxygens (including phenoxy) is 1. The third kappa shape index (κ3) is 6.80. The number of hydrogen-bond acceptors (Lipinski definition) is 3. The van der Waals surface area contributed by atoms with Gasteiger partial charge in [0.15, 0.2) is 0 Å². The van der Waals surface area contributed by atoms with Gasteiger partial charge in [-0.05, 0) is 36.6 Å². The summed E-state index contributed by atoms with van der Waals surface area (Å²) in [6.07, 6.45) is 4.95. The third-order valence-electron chi connectivity index (χ3n) is 3.52. The predicted molar refractivity (Wildman–Crippen MR) is 87.4 cm³/mol. The van der Waals surface area contributed by atoms with Crippen LogP contribution in [0.5, 0.6) is 5.75 Å². The molecule has 0 aliphatic rings. The Kier molecular flexibility index (Phi) is 8.12. The molecule has 0 aliphatic carbocycles. The Morgan fingerprint density at radius 3 is 2.40 bits per heavy atom. The molecular weight excluding hydrogens is 248 g/mol. The van der Waals surface area contributed by atoms with Crippen molar-refractivity contribution in [1.29, 1.82) is 0 Å². The second-order valence-electron chi connectivity index (χ2n) is 5.72. The minimum Gasteiger partial charge on any atom is -0.494 e. The van der Waals surface area contributed by atoms with Crippen molar-refractivity contribution in [2.24, 2.45) is 11.7 Å². The predicted octanol–water partition coefficient (Wildman–Crippen LogP) is 4.04. The maximum Gasteiger partial charge on any atom is 0.119 e. The fourth-order valence-electron chi connectivity index (χ4n) is 1.86. The van der Waals surface area contributed by atoms with Crippen LogP contribution in [0.1, 0.15) is 46.5 Å². The molecule has 0 bridgehead atoms. The van der Waals surface area contributed by atoms with Crippen molar-refractivity contribution in [3.05, 3.63) is 24.3 Å². The lowest BCUT2D eigenvalue weighted by atomic mass is 10.1. The van der Waals surface area contributed by atoms with Gasteiger partial charge < -0.3 is 15.8 Å². The van der Waals surface area contributed by atoms with Crippen LogP contribution in [-0.2, 0) is 0 Å². The first-order valence-electron chi connectivity index (χ1n) is 7.85. The van der Waals surface area contributed by atoms with E-state index in [1.54, 1.807) is 0 Å². The van der Waals surface area contributed by atoms with Gasteiger partial charge in [0.05, 0.1) is 6.61 Å². The average molecular weight is 278 g/mol. The highest BCUT2D eigenvalue weighted by molar-refractivity contribution is 5.46. The van der Waals surface area contributed by atoms with E-state index in [4.69, 9.17) is 10.5 Å². The Balaban J connectivity index is 2.26. The van der Waals surface area contributed by atoms with Crippen LogP contribution in [0.4, 0.5) is 5.69 Å². The SMILES string of the molecule is CCCCCCOc1ccc(NCC(N)C(C)C)cc1. The van der Waals surface area contributed by atoms with Gasteiger partial charge in [-0.25, -0.2) is 0 Å². The molecule has 1 atom stereocenters. The van der Waals surface area contributed by atoms with Crippen LogP contribution in [0, 0.1) is 5.92 Å². The molecule has 1 rings (SSSR count). The van der Waals surface area contributed by atoms with Crippen LogP contribution in [0.15, 0.2) is 24.3 Å². The van der Waals surface area contributed by atoms with Crippen LogP contribution in [0.25, 0.3) is 0 Å². The van der Waals surface area contributed by atoms with E-state index in [1.807, 2.05) is 12.1 Å². The summed E-state index contributed by atoms with van der Waals surface area (Å²) in [5, 5.41) is 3.36. The molecule has 0 heterocycles. The summed E-state index contributed by atoms with van der Waals surface area (Å²) in [6, 6.07) is 8.32. The number of nitrogens with two attached hydrogens (primary N) is 1. The maximum absolute atomic E-state index is 6.01. The van der Waals surface area contributed by atoms with E-state index in [2.05, 4.69) is 38.2 Å². The zero-order chi connectivity index (χ0) is 14.8. The molecule has 0 saturated heterocycles. The van der Waals surface area contributed by atoms with Crippen molar-refractivity contribution >= 4 is 5.69 Å². The molecule has 0 aromatic heterocycles. The van der Waals surface area contributed by atoms with Crippen LogP contribution in [0.2, 0.25) is 0 Å². The molecule has 20 heavy (non-hydrogen) atoms. The number of hydrogen-bond donors (Lipinski definition) is 2. The molecule has 3 heteroatoms. The minimum absolute atomic E-state index is 0.185. The molecule has 0 radical (unpaired) electrons. The van der Waals surface area contributed by atoms with Gasteiger partial charge in [-0.1, -0.05) is 40.0 Å². The molecule has 0 fully saturated rings. The van der Waals surface area contributed by atoms with E-state index in [0.717, 1.165) is 31.0 Å². The summed E-state index contributed by atoms with van der Waals surface area (Å²) in [5.74, 6) is 1.44. The fraction of sp³-hybridized carbons (Fsp3) is 0.647. The number of benzene rings is 1. The zero-order valence-corrected chi connectivity index (χ0v) is 13.2. The van der Waals surface area contributed by atoms with E-state index >= 15 is 0 Å². The summed E-state index contributed by atoms with van der Waals surface area (Å²) < 4.78 is 5.72. The second-order valence-corrected chi connectivity index (χ2v) is 5.72. The lowest BCUT2D eigenvalue weighted by Gasteiger charge is -2.17. The molecule has 114 valence electrons. The number of unbranched alkanes of at least 4 members (excludes halogenated alkanes) is 3. The summed E-state index contributed by atoms with van der Waals surface area (Å²) in [7, 11) is 0. The van der Waals surface area contributed by atoms with E-state index in [-0.39, 0.29) is 6.04 Å². The molecule has 1 unspecified atom stereocenters. The molecule has 1 aromatic carbocycles. The van der Waals surface area contributed by atoms with Gasteiger partial charge in [0.25, 0.3) is 0 Å². The molecule has 0 amide bonds. The molecule has 1 aromatic rings. The first-order chi connectivity index (χ1) is 9.63. The topological polar surface area (TPSA) is 47.3 Å². The smallest absolute Gasteiger partial charge is 0.119 e. The lowest BCUT2D eigenvalue weighted by molar-refractivity contribution is 0.305. The van der Waals surface area contributed by atoms with Gasteiger partial charge in [-0.2, -0.15) is 0 Å². The zero-order valence-electron chi connectivity index (χ0n) is 13.2. The minimum atomic E-state index is 0.185. The molecule has 3 N–H and O–H groups in total. The molecular formula is C17H30N2O. The molecule has 0 spiro atoms. The quantitative estimate of drug-likeness (QED) is 0.635. The molecule has 0 saturated carbocycles. The standard InChI is InChI=1S/C17H30N2O/c1-4-5-6-7-12-20-16-10-8-15(9-11-16)19-13-17(18)14(2)3/h8-11,14,17,19H,4-7,12-13,18H2,1-3H3. The maximum atomic E-state index is 6.01. The van der Waals surface area contributed by atoms with Crippen LogP contribution < -0.4 is 15.8 Å². The van der Waals surface area contributed by atoms with Crippen molar-refractivity contribution in [2.45, 2.75) is 52.5 Å². The Morgan fingerprint density at radius 1 is 1.10 bits per heavy atom. The highest BCUT2D eigenvalue weighted by Gasteiger charge is 2.06. The van der Waals surface area contributed by atoms with Crippen molar-refractivity contribution in [3.8, 4) is 5.75 Å². The van der Waals surface area contributed by atoms with Gasteiger partial charge in [0.2, 0.25) is 0 Å². The van der Waals surface area contributed by atoms with E-state index in [9.17, 15) is 0 Å². The third-order valence-corrected chi connectivity index (χ3v) is 3.52. The summed E-state index contributed by atoms with van der Waals surface area (Å²) in [5.41, 5.74) is 7.11. The highest BCUT2D eigenvalue weighted by atomic mass is 16.5. The average Bonchev–Trinajstić information content (AvgIpc) is 2.45. The summed E-state index contributed by atoms with van der Waals surface area (Å²) in [4.78, 5) is 0. The Labute approximate surface area is 123 Å². The van der Waals surface area contributed by atoms with Crippen molar-refractivity contribution in [2.75, 3.05) is 18.5 Å². The van der Waals surface area contributed by atoms with Gasteiger partial charge in [0, 0.05) is 18.3 Å².